The van der Waals surface area contributed by atoms with Gasteiger partial charge in [-0.15, -0.1) is 0 Å². The summed E-state index contributed by atoms with van der Waals surface area (Å²) in [5.74, 6) is 0.536. The van der Waals surface area contributed by atoms with E-state index in [0.29, 0.717) is 12.3 Å². The first-order chi connectivity index (χ1) is 7.43. The van der Waals surface area contributed by atoms with Gasteiger partial charge in [0.2, 0.25) is 0 Å². The second-order valence-corrected chi connectivity index (χ2v) is 7.75. The molecule has 16 heavy (non-hydrogen) atoms. The molecule has 0 heterocycles. The fraction of sp³-hybridized carbons (Fsp3) is 1.00. The second kappa shape index (κ2) is 5.50. The predicted molar refractivity (Wildman–Crippen MR) is 68.3 cm³/mol. The van der Waals surface area contributed by atoms with Crippen LogP contribution in [0.15, 0.2) is 0 Å². The van der Waals surface area contributed by atoms with Gasteiger partial charge < -0.3 is 5.32 Å². The van der Waals surface area contributed by atoms with Crippen LogP contribution in [0, 0.1) is 5.92 Å². The fourth-order valence-corrected chi connectivity index (χ4v) is 4.94. The predicted octanol–water partition coefficient (Wildman–Crippen LogP) is 1.98. The molecule has 0 aromatic heterocycles. The van der Waals surface area contributed by atoms with E-state index in [1.54, 1.807) is 0 Å². The second-order valence-electron chi connectivity index (χ2n) is 5.16. The molecule has 4 atom stereocenters. The van der Waals surface area contributed by atoms with E-state index in [0.717, 1.165) is 19.3 Å². The van der Waals surface area contributed by atoms with E-state index in [1.165, 1.54) is 0 Å². The van der Waals surface area contributed by atoms with Gasteiger partial charge in [0, 0.05) is 6.04 Å². The first-order valence-electron chi connectivity index (χ1n) is 6.33. The topological polar surface area (TPSA) is 46.2 Å². The molecule has 0 spiro atoms. The Labute approximate surface area is 99.9 Å². The summed E-state index contributed by atoms with van der Waals surface area (Å²) in [6.45, 7) is 5.94. The van der Waals surface area contributed by atoms with Gasteiger partial charge in [0.05, 0.1) is 10.5 Å². The van der Waals surface area contributed by atoms with Gasteiger partial charge in [-0.1, -0.05) is 13.8 Å². The molecule has 0 amide bonds. The Kier molecular flexibility index (Phi) is 4.80. The van der Waals surface area contributed by atoms with Crippen molar-refractivity contribution < 1.29 is 8.42 Å². The lowest BCUT2D eigenvalue weighted by Gasteiger charge is -2.35. The zero-order valence-electron chi connectivity index (χ0n) is 10.9. The van der Waals surface area contributed by atoms with Gasteiger partial charge in [0.1, 0.15) is 0 Å². The number of rotatable bonds is 4. The van der Waals surface area contributed by atoms with Gasteiger partial charge in [0.25, 0.3) is 0 Å². The Morgan fingerprint density at radius 1 is 1.38 bits per heavy atom. The lowest BCUT2D eigenvalue weighted by molar-refractivity contribution is 0.318. The highest BCUT2D eigenvalue weighted by Crippen LogP contribution is 2.31. The quantitative estimate of drug-likeness (QED) is 0.826. The molecular formula is C12H25NO2S. The molecule has 0 aromatic rings. The van der Waals surface area contributed by atoms with E-state index in [9.17, 15) is 8.42 Å². The SMILES string of the molecule is CCC(C)S(=O)(=O)C1CC(C)CCC1NC. The van der Waals surface area contributed by atoms with Crippen LogP contribution in [-0.4, -0.2) is 32.0 Å². The standard InChI is InChI=1S/C12H25NO2S/c1-5-10(3)16(14,15)12-8-9(2)6-7-11(12)13-4/h9-13H,5-8H2,1-4H3. The van der Waals surface area contributed by atoms with Crippen LogP contribution in [0.5, 0.6) is 0 Å². The Bertz CT molecular complexity index is 313. The highest BCUT2D eigenvalue weighted by atomic mass is 32.2. The summed E-state index contributed by atoms with van der Waals surface area (Å²) in [7, 11) is -1.09. The van der Waals surface area contributed by atoms with E-state index in [1.807, 2.05) is 20.9 Å². The summed E-state index contributed by atoms with van der Waals surface area (Å²) in [6.07, 6.45) is 3.65. The van der Waals surface area contributed by atoms with Crippen LogP contribution >= 0.6 is 0 Å². The van der Waals surface area contributed by atoms with Crippen molar-refractivity contribution in [2.75, 3.05) is 7.05 Å². The lowest BCUT2D eigenvalue weighted by Crippen LogP contribution is -2.48. The molecule has 96 valence electrons. The van der Waals surface area contributed by atoms with Gasteiger partial charge in [-0.3, -0.25) is 0 Å². The van der Waals surface area contributed by atoms with Crippen LogP contribution in [0.2, 0.25) is 0 Å². The van der Waals surface area contributed by atoms with Gasteiger partial charge in [-0.25, -0.2) is 8.42 Å². The average Bonchev–Trinajstić information content (AvgIpc) is 2.27. The molecule has 0 bridgehead atoms. The van der Waals surface area contributed by atoms with Crippen molar-refractivity contribution >= 4 is 9.84 Å². The third-order valence-corrected chi connectivity index (χ3v) is 6.80. The molecule has 1 fully saturated rings. The fourth-order valence-electron chi connectivity index (χ4n) is 2.55. The van der Waals surface area contributed by atoms with Crippen LogP contribution in [0.4, 0.5) is 0 Å². The van der Waals surface area contributed by atoms with E-state index < -0.39 is 9.84 Å². The van der Waals surface area contributed by atoms with Crippen LogP contribution in [0.1, 0.15) is 46.5 Å². The van der Waals surface area contributed by atoms with Crippen molar-refractivity contribution in [3.8, 4) is 0 Å². The van der Waals surface area contributed by atoms with Crippen LogP contribution in [0.25, 0.3) is 0 Å². The normalized spacial score (nSPS) is 33.6. The lowest BCUT2D eigenvalue weighted by atomic mass is 9.87. The smallest absolute Gasteiger partial charge is 0.157 e. The largest absolute Gasteiger partial charge is 0.316 e. The van der Waals surface area contributed by atoms with Crippen molar-refractivity contribution in [1.29, 1.82) is 0 Å². The number of sulfone groups is 1. The Morgan fingerprint density at radius 3 is 2.50 bits per heavy atom. The minimum atomic E-state index is -2.97. The molecular weight excluding hydrogens is 222 g/mol. The zero-order valence-corrected chi connectivity index (χ0v) is 11.7. The van der Waals surface area contributed by atoms with Crippen molar-refractivity contribution in [3.05, 3.63) is 0 Å². The molecule has 1 aliphatic carbocycles. The first kappa shape index (κ1) is 14.0. The van der Waals surface area contributed by atoms with Crippen molar-refractivity contribution in [2.45, 2.75) is 63.0 Å². The summed E-state index contributed by atoms with van der Waals surface area (Å²) in [5, 5.41) is 2.79. The molecule has 0 saturated heterocycles. The van der Waals surface area contributed by atoms with E-state index in [4.69, 9.17) is 0 Å². The molecule has 4 unspecified atom stereocenters. The van der Waals surface area contributed by atoms with Gasteiger partial charge in [-0.05, 0) is 45.6 Å². The molecule has 4 heteroatoms. The minimum absolute atomic E-state index is 0.148. The number of hydrogen-bond donors (Lipinski definition) is 1. The van der Waals surface area contributed by atoms with Crippen LogP contribution in [0.3, 0.4) is 0 Å². The molecule has 0 radical (unpaired) electrons. The van der Waals surface area contributed by atoms with Crippen LogP contribution in [-0.2, 0) is 9.84 Å². The monoisotopic (exact) mass is 247 g/mol. The van der Waals surface area contributed by atoms with E-state index in [2.05, 4.69) is 12.2 Å². The van der Waals surface area contributed by atoms with Crippen molar-refractivity contribution in [2.24, 2.45) is 5.92 Å². The molecule has 0 aromatic carbocycles. The summed E-state index contributed by atoms with van der Waals surface area (Å²) >= 11 is 0. The zero-order chi connectivity index (χ0) is 12.3. The van der Waals surface area contributed by atoms with Gasteiger partial charge in [-0.2, -0.15) is 0 Å². The molecule has 1 aliphatic rings. The summed E-state index contributed by atoms with van der Waals surface area (Å²) in [4.78, 5) is 0. The summed E-state index contributed by atoms with van der Waals surface area (Å²) < 4.78 is 24.8. The molecule has 1 saturated carbocycles. The molecule has 0 aliphatic heterocycles. The first-order valence-corrected chi connectivity index (χ1v) is 7.94. The Hall–Kier alpha value is -0.0900. The third kappa shape index (κ3) is 2.77. The minimum Gasteiger partial charge on any atom is -0.316 e. The maximum Gasteiger partial charge on any atom is 0.157 e. The van der Waals surface area contributed by atoms with Gasteiger partial charge in [0.15, 0.2) is 9.84 Å². The Balaban J connectivity index is 2.89. The molecule has 1 rings (SSSR count). The van der Waals surface area contributed by atoms with Crippen molar-refractivity contribution in [1.82, 2.24) is 5.32 Å². The summed E-state index contributed by atoms with van der Waals surface area (Å²) in [5.41, 5.74) is 0. The Morgan fingerprint density at radius 2 is 2.00 bits per heavy atom. The van der Waals surface area contributed by atoms with Crippen LogP contribution < -0.4 is 5.32 Å². The van der Waals surface area contributed by atoms with Crippen molar-refractivity contribution in [3.63, 3.8) is 0 Å². The summed E-state index contributed by atoms with van der Waals surface area (Å²) in [6, 6.07) is 0.148. The molecule has 3 nitrogen and oxygen atoms in total. The maximum absolute atomic E-state index is 12.4. The van der Waals surface area contributed by atoms with E-state index in [-0.39, 0.29) is 16.5 Å². The number of hydrogen-bond acceptors (Lipinski definition) is 3. The number of nitrogens with one attached hydrogen (secondary N) is 1. The maximum atomic E-state index is 12.4. The van der Waals surface area contributed by atoms with Gasteiger partial charge >= 0.3 is 0 Å². The highest BCUT2D eigenvalue weighted by Gasteiger charge is 2.39. The third-order valence-electron chi connectivity index (χ3n) is 3.98. The van der Waals surface area contributed by atoms with E-state index >= 15 is 0 Å². The molecule has 1 N–H and O–H groups in total. The average molecular weight is 247 g/mol. The highest BCUT2D eigenvalue weighted by molar-refractivity contribution is 7.92.